The molecule has 3 N–H and O–H groups in total. The number of carbonyl (C=O) groups excluding carboxylic acids is 1. The topological polar surface area (TPSA) is 104 Å². The molecule has 2 saturated carbocycles. The van der Waals surface area contributed by atoms with Gasteiger partial charge in [0.2, 0.25) is 0 Å². The number of anilines is 1. The van der Waals surface area contributed by atoms with Crippen LogP contribution in [0.3, 0.4) is 0 Å². The summed E-state index contributed by atoms with van der Waals surface area (Å²) in [5, 5.41) is 16.3. The molecule has 2 aliphatic carbocycles. The lowest BCUT2D eigenvalue weighted by molar-refractivity contribution is 0.0471. The molecule has 1 aromatic heterocycles. The molecule has 194 valence electrons. The van der Waals surface area contributed by atoms with Gasteiger partial charge in [-0.2, -0.15) is 0 Å². The van der Waals surface area contributed by atoms with Crippen LogP contribution in [0.15, 0.2) is 42.6 Å². The van der Waals surface area contributed by atoms with Crippen molar-refractivity contribution in [2.75, 3.05) is 5.32 Å². The zero-order valence-corrected chi connectivity index (χ0v) is 21.7. The first-order valence-corrected chi connectivity index (χ1v) is 12.8. The van der Waals surface area contributed by atoms with Crippen LogP contribution in [0.2, 0.25) is 0 Å². The van der Waals surface area contributed by atoms with Crippen molar-refractivity contribution < 1.29 is 19.4 Å². The van der Waals surface area contributed by atoms with Crippen molar-refractivity contribution in [2.45, 2.75) is 96.0 Å². The van der Waals surface area contributed by atoms with E-state index in [-0.39, 0.29) is 24.0 Å². The van der Waals surface area contributed by atoms with E-state index in [0.29, 0.717) is 6.54 Å². The van der Waals surface area contributed by atoms with Crippen molar-refractivity contribution in [3.05, 3.63) is 59.3 Å². The molecule has 2 aliphatic rings. The molecule has 0 saturated heterocycles. The zero-order chi connectivity index (χ0) is 25.9. The van der Waals surface area contributed by atoms with Crippen molar-refractivity contribution in [3.63, 3.8) is 0 Å². The average Bonchev–Trinajstić information content (AvgIpc) is 3.58. The summed E-state index contributed by atoms with van der Waals surface area (Å²) in [6.45, 7) is 8.30. The molecule has 8 heteroatoms. The van der Waals surface area contributed by atoms with Crippen molar-refractivity contribution in [3.8, 4) is 0 Å². The number of hydrogen-bond donors (Lipinski definition) is 3. The maximum atomic E-state index is 12.2. The summed E-state index contributed by atoms with van der Waals surface area (Å²) in [5.41, 5.74) is 2.98. The molecule has 4 rings (SSSR count). The second kappa shape index (κ2) is 10.8. The molecule has 36 heavy (non-hydrogen) atoms. The van der Waals surface area contributed by atoms with Gasteiger partial charge >= 0.3 is 12.2 Å². The highest BCUT2D eigenvalue weighted by Crippen LogP contribution is 2.46. The van der Waals surface area contributed by atoms with Crippen LogP contribution in [0.25, 0.3) is 0 Å². The molecule has 0 spiro atoms. The molecule has 2 amide bonds. The zero-order valence-electron chi connectivity index (χ0n) is 21.7. The van der Waals surface area contributed by atoms with Gasteiger partial charge in [0, 0.05) is 36.8 Å². The number of hydrogen-bond acceptors (Lipinski definition) is 5. The van der Waals surface area contributed by atoms with Crippen molar-refractivity contribution in [2.24, 2.45) is 0 Å². The molecule has 0 bridgehead atoms. The van der Waals surface area contributed by atoms with Crippen LogP contribution in [0.1, 0.15) is 75.5 Å². The molecule has 1 aromatic carbocycles. The molecule has 2 aromatic rings. The number of aromatic nitrogens is 1. The molecule has 0 aliphatic heterocycles. The summed E-state index contributed by atoms with van der Waals surface area (Å²) >= 11 is 0. The first-order chi connectivity index (χ1) is 17.1. The van der Waals surface area contributed by atoms with Crippen LogP contribution in [-0.4, -0.2) is 50.9 Å². The van der Waals surface area contributed by atoms with E-state index in [0.717, 1.165) is 43.5 Å². The number of pyridine rings is 1. The van der Waals surface area contributed by atoms with Gasteiger partial charge in [-0.05, 0) is 77.0 Å². The second-order valence-electron chi connectivity index (χ2n) is 11.1. The average molecular weight is 495 g/mol. The Labute approximate surface area is 213 Å². The lowest BCUT2D eigenvalue weighted by Gasteiger charge is -2.36. The lowest BCUT2D eigenvalue weighted by atomic mass is 9.90. The SMILES string of the molecule is Cc1cccc(CNc2ccc(C3CC3N(C(=O)O)C3CCC(NC(=O)OC(C)(C)C)CC3)cn2)c1. The van der Waals surface area contributed by atoms with E-state index >= 15 is 0 Å². The number of nitrogens with zero attached hydrogens (tertiary/aromatic N) is 2. The Morgan fingerprint density at radius 3 is 2.50 bits per heavy atom. The number of amides is 2. The first-order valence-electron chi connectivity index (χ1n) is 12.8. The molecule has 0 radical (unpaired) electrons. The molecule has 2 unspecified atom stereocenters. The fourth-order valence-corrected chi connectivity index (χ4v) is 5.13. The molecule has 2 atom stereocenters. The van der Waals surface area contributed by atoms with E-state index < -0.39 is 17.8 Å². The number of nitrogens with one attached hydrogen (secondary N) is 2. The lowest BCUT2D eigenvalue weighted by Crippen LogP contribution is -2.47. The third-order valence-electron chi connectivity index (χ3n) is 6.92. The van der Waals surface area contributed by atoms with Gasteiger partial charge in [0.1, 0.15) is 11.4 Å². The van der Waals surface area contributed by atoms with Crippen LogP contribution in [0.4, 0.5) is 15.4 Å². The van der Waals surface area contributed by atoms with Crippen LogP contribution >= 0.6 is 0 Å². The summed E-state index contributed by atoms with van der Waals surface area (Å²) in [7, 11) is 0. The molecule has 1 heterocycles. The Kier molecular flexibility index (Phi) is 7.71. The predicted molar refractivity (Wildman–Crippen MR) is 139 cm³/mol. The van der Waals surface area contributed by atoms with E-state index in [4.69, 9.17) is 4.74 Å². The number of ether oxygens (including phenoxy) is 1. The van der Waals surface area contributed by atoms with Gasteiger partial charge in [-0.25, -0.2) is 14.6 Å². The Morgan fingerprint density at radius 2 is 1.89 bits per heavy atom. The van der Waals surface area contributed by atoms with Gasteiger partial charge in [0.15, 0.2) is 0 Å². The Balaban J connectivity index is 1.28. The van der Waals surface area contributed by atoms with Crippen LogP contribution < -0.4 is 10.6 Å². The van der Waals surface area contributed by atoms with Gasteiger partial charge in [0.05, 0.1) is 0 Å². The maximum absolute atomic E-state index is 12.2. The van der Waals surface area contributed by atoms with Gasteiger partial charge in [-0.1, -0.05) is 35.9 Å². The minimum atomic E-state index is -0.865. The van der Waals surface area contributed by atoms with Crippen LogP contribution in [0, 0.1) is 6.92 Å². The summed E-state index contributed by atoms with van der Waals surface area (Å²) in [5.74, 6) is 0.986. The van der Waals surface area contributed by atoms with E-state index in [1.54, 1.807) is 4.90 Å². The highest BCUT2D eigenvalue weighted by atomic mass is 16.6. The molecular formula is C28H38N4O4. The normalized spacial score (nSPS) is 23.4. The van der Waals surface area contributed by atoms with Crippen LogP contribution in [0.5, 0.6) is 0 Å². The number of aryl methyl sites for hydroxylation is 1. The van der Waals surface area contributed by atoms with Crippen molar-refractivity contribution in [1.29, 1.82) is 0 Å². The van der Waals surface area contributed by atoms with E-state index in [9.17, 15) is 14.7 Å². The van der Waals surface area contributed by atoms with Crippen LogP contribution in [-0.2, 0) is 11.3 Å². The second-order valence-corrected chi connectivity index (χ2v) is 11.1. The highest BCUT2D eigenvalue weighted by molar-refractivity contribution is 5.68. The largest absolute Gasteiger partial charge is 0.465 e. The minimum absolute atomic E-state index is 0.0178. The number of carbonyl (C=O) groups is 2. The standard InChI is InChI=1S/C28H38N4O4/c1-18-6-5-7-19(14-18)16-29-25-13-8-20(17-30-25)23-15-24(23)32(27(34)35)22-11-9-21(10-12-22)31-26(33)36-28(2,3)4/h5-8,13-14,17,21-24H,9-12,15-16H2,1-4H3,(H,29,30)(H,31,33)(H,34,35). The van der Waals surface area contributed by atoms with E-state index in [2.05, 4.69) is 46.8 Å². The summed E-state index contributed by atoms with van der Waals surface area (Å²) in [4.78, 5) is 30.5. The third kappa shape index (κ3) is 6.89. The number of rotatable bonds is 7. The smallest absolute Gasteiger partial charge is 0.407 e. The maximum Gasteiger partial charge on any atom is 0.407 e. The number of carboxylic acid groups (broad SMARTS) is 1. The number of alkyl carbamates (subject to hydrolysis) is 1. The monoisotopic (exact) mass is 494 g/mol. The van der Waals surface area contributed by atoms with E-state index in [1.165, 1.54) is 11.1 Å². The van der Waals surface area contributed by atoms with Gasteiger partial charge in [0.25, 0.3) is 0 Å². The molecule has 8 nitrogen and oxygen atoms in total. The van der Waals surface area contributed by atoms with Crippen molar-refractivity contribution >= 4 is 18.0 Å². The first kappa shape index (κ1) is 25.8. The third-order valence-corrected chi connectivity index (χ3v) is 6.92. The Bertz CT molecular complexity index is 1060. The quantitative estimate of drug-likeness (QED) is 0.458. The Morgan fingerprint density at radius 1 is 1.14 bits per heavy atom. The summed E-state index contributed by atoms with van der Waals surface area (Å²) in [6.07, 6.45) is 4.36. The van der Waals surface area contributed by atoms with Crippen molar-refractivity contribution in [1.82, 2.24) is 15.2 Å². The number of benzene rings is 1. The minimum Gasteiger partial charge on any atom is -0.465 e. The molecule has 2 fully saturated rings. The fourth-order valence-electron chi connectivity index (χ4n) is 5.13. The van der Waals surface area contributed by atoms with Gasteiger partial charge < -0.3 is 25.4 Å². The summed E-state index contributed by atoms with van der Waals surface area (Å²) in [6, 6.07) is 12.4. The summed E-state index contributed by atoms with van der Waals surface area (Å²) < 4.78 is 5.35. The molecular weight excluding hydrogens is 456 g/mol. The predicted octanol–water partition coefficient (Wildman–Crippen LogP) is 5.67. The highest BCUT2D eigenvalue weighted by Gasteiger charge is 2.48. The fraction of sp³-hybridized carbons (Fsp3) is 0.536. The van der Waals surface area contributed by atoms with E-state index in [1.807, 2.05) is 39.1 Å². The Hall–Kier alpha value is -3.29. The van der Waals surface area contributed by atoms with Gasteiger partial charge in [-0.3, -0.25) is 0 Å². The van der Waals surface area contributed by atoms with Gasteiger partial charge in [-0.15, -0.1) is 0 Å².